The number of aryl methyl sites for hydroxylation is 2. The minimum atomic E-state index is 0.00431. The second-order valence-corrected chi connectivity index (χ2v) is 8.22. The molecule has 0 aliphatic carbocycles. The predicted molar refractivity (Wildman–Crippen MR) is 97.3 cm³/mol. The van der Waals surface area contributed by atoms with Gasteiger partial charge >= 0.3 is 0 Å². The van der Waals surface area contributed by atoms with E-state index in [0.717, 1.165) is 27.2 Å². The van der Waals surface area contributed by atoms with Crippen molar-refractivity contribution in [3.05, 3.63) is 39.0 Å². The van der Waals surface area contributed by atoms with Crippen molar-refractivity contribution in [3.8, 4) is 0 Å². The van der Waals surface area contributed by atoms with E-state index in [-0.39, 0.29) is 11.9 Å². The number of thiophene rings is 2. The predicted octanol–water partition coefficient (Wildman–Crippen LogP) is 4.52. The summed E-state index contributed by atoms with van der Waals surface area (Å²) < 4.78 is 1.84. The van der Waals surface area contributed by atoms with Gasteiger partial charge < -0.3 is 5.32 Å². The molecule has 3 aromatic rings. The van der Waals surface area contributed by atoms with Crippen LogP contribution in [-0.4, -0.2) is 15.7 Å². The Labute approximate surface area is 144 Å². The minimum absolute atomic E-state index is 0.00431. The molecular formula is C17H21N3OS2. The molecule has 122 valence electrons. The number of carbonyl (C=O) groups is 1. The highest BCUT2D eigenvalue weighted by molar-refractivity contribution is 7.20. The first-order valence-corrected chi connectivity index (χ1v) is 9.42. The van der Waals surface area contributed by atoms with Gasteiger partial charge in [-0.25, -0.2) is 0 Å². The van der Waals surface area contributed by atoms with E-state index in [1.165, 1.54) is 16.2 Å². The van der Waals surface area contributed by atoms with Gasteiger partial charge in [-0.3, -0.25) is 9.48 Å². The zero-order valence-corrected chi connectivity index (χ0v) is 15.4. The van der Waals surface area contributed by atoms with Crippen LogP contribution in [0.4, 0.5) is 0 Å². The topological polar surface area (TPSA) is 46.9 Å². The summed E-state index contributed by atoms with van der Waals surface area (Å²) in [6, 6.07) is 6.16. The molecule has 0 spiro atoms. The molecule has 0 fully saturated rings. The lowest BCUT2D eigenvalue weighted by Gasteiger charge is -2.19. The van der Waals surface area contributed by atoms with Crippen LogP contribution in [0.1, 0.15) is 46.6 Å². The Hall–Kier alpha value is -1.66. The van der Waals surface area contributed by atoms with E-state index in [9.17, 15) is 4.79 Å². The second kappa shape index (κ2) is 6.45. The van der Waals surface area contributed by atoms with Crippen LogP contribution in [0.3, 0.4) is 0 Å². The summed E-state index contributed by atoms with van der Waals surface area (Å²) in [4.78, 5) is 15.7. The molecule has 0 aromatic carbocycles. The fraction of sp³-hybridized carbons (Fsp3) is 0.412. The number of fused-ring (bicyclic) bond motifs is 1. The van der Waals surface area contributed by atoms with Gasteiger partial charge in [0, 0.05) is 17.3 Å². The van der Waals surface area contributed by atoms with Crippen molar-refractivity contribution < 1.29 is 4.79 Å². The molecule has 1 N–H and O–H groups in total. The van der Waals surface area contributed by atoms with Crippen molar-refractivity contribution in [2.24, 2.45) is 13.0 Å². The minimum Gasteiger partial charge on any atom is -0.344 e. The van der Waals surface area contributed by atoms with E-state index < -0.39 is 0 Å². The quantitative estimate of drug-likeness (QED) is 0.737. The molecule has 0 bridgehead atoms. The average molecular weight is 348 g/mol. The van der Waals surface area contributed by atoms with Crippen LogP contribution in [-0.2, 0) is 7.05 Å². The van der Waals surface area contributed by atoms with Crippen molar-refractivity contribution in [1.29, 1.82) is 0 Å². The lowest BCUT2D eigenvalue weighted by molar-refractivity contribution is 0.0937. The van der Waals surface area contributed by atoms with Crippen molar-refractivity contribution in [1.82, 2.24) is 15.1 Å². The van der Waals surface area contributed by atoms with Crippen LogP contribution in [0.5, 0.6) is 0 Å². The van der Waals surface area contributed by atoms with E-state index in [4.69, 9.17) is 0 Å². The number of nitrogens with one attached hydrogen (secondary N) is 1. The summed E-state index contributed by atoms with van der Waals surface area (Å²) >= 11 is 3.20. The summed E-state index contributed by atoms with van der Waals surface area (Å²) in [6.07, 6.45) is 0.942. The zero-order valence-electron chi connectivity index (χ0n) is 13.8. The molecule has 3 rings (SSSR count). The highest BCUT2D eigenvalue weighted by Crippen LogP contribution is 2.30. The van der Waals surface area contributed by atoms with Crippen LogP contribution in [0.15, 0.2) is 23.6 Å². The number of aromatic nitrogens is 2. The van der Waals surface area contributed by atoms with Crippen LogP contribution < -0.4 is 5.32 Å². The molecule has 0 radical (unpaired) electrons. The van der Waals surface area contributed by atoms with Crippen LogP contribution in [0.2, 0.25) is 0 Å². The molecule has 3 aromatic heterocycles. The Bertz CT molecular complexity index is 780. The fourth-order valence-electron chi connectivity index (χ4n) is 2.75. The molecule has 23 heavy (non-hydrogen) atoms. The van der Waals surface area contributed by atoms with Crippen molar-refractivity contribution in [3.63, 3.8) is 0 Å². The monoisotopic (exact) mass is 347 g/mol. The summed E-state index contributed by atoms with van der Waals surface area (Å²) in [7, 11) is 1.92. The third kappa shape index (κ3) is 3.33. The summed E-state index contributed by atoms with van der Waals surface area (Å²) in [5.74, 6) is 0.529. The number of hydrogen-bond donors (Lipinski definition) is 1. The molecule has 0 saturated carbocycles. The second-order valence-electron chi connectivity index (χ2n) is 6.21. The van der Waals surface area contributed by atoms with Crippen LogP contribution >= 0.6 is 22.7 Å². The number of nitrogens with zero attached hydrogens (tertiary/aromatic N) is 2. The van der Waals surface area contributed by atoms with E-state index in [0.29, 0.717) is 5.92 Å². The molecular weight excluding hydrogens is 326 g/mol. The first-order chi connectivity index (χ1) is 11.0. The Kier molecular flexibility index (Phi) is 4.55. The Morgan fingerprint density at radius 2 is 2.22 bits per heavy atom. The third-order valence-electron chi connectivity index (χ3n) is 3.82. The smallest absolute Gasteiger partial charge is 0.261 e. The van der Waals surface area contributed by atoms with Crippen molar-refractivity contribution in [2.75, 3.05) is 0 Å². The first kappa shape index (κ1) is 16.2. The van der Waals surface area contributed by atoms with Crippen LogP contribution in [0.25, 0.3) is 10.2 Å². The fourth-order valence-corrected chi connectivity index (χ4v) is 4.57. The van der Waals surface area contributed by atoms with Gasteiger partial charge in [-0.05, 0) is 36.8 Å². The van der Waals surface area contributed by atoms with Crippen molar-refractivity contribution >= 4 is 38.8 Å². The Balaban J connectivity index is 1.84. The van der Waals surface area contributed by atoms with E-state index in [1.54, 1.807) is 11.3 Å². The third-order valence-corrected chi connectivity index (χ3v) is 6.01. The summed E-state index contributed by atoms with van der Waals surface area (Å²) in [5, 5.41) is 10.7. The Morgan fingerprint density at radius 3 is 2.83 bits per heavy atom. The maximum atomic E-state index is 12.7. The zero-order chi connectivity index (χ0) is 16.6. The summed E-state index contributed by atoms with van der Waals surface area (Å²) in [5.41, 5.74) is 0.967. The standard InChI is InChI=1S/C17H21N3OS2/c1-10(2)8-13(14-6-5-7-22-14)18-16(21)15-9-12-11(3)19-20(4)17(12)23-15/h5-7,9-10,13H,8H2,1-4H3,(H,18,21). The molecule has 0 aliphatic heterocycles. The molecule has 1 unspecified atom stereocenters. The van der Waals surface area contributed by atoms with Gasteiger partial charge in [0.2, 0.25) is 0 Å². The van der Waals surface area contributed by atoms with E-state index in [1.807, 2.05) is 30.8 Å². The number of rotatable bonds is 5. The van der Waals surface area contributed by atoms with Crippen molar-refractivity contribution in [2.45, 2.75) is 33.2 Å². The molecule has 1 amide bonds. The SMILES string of the molecule is Cc1nn(C)c2sc(C(=O)NC(CC(C)C)c3cccs3)cc12. The van der Waals surface area contributed by atoms with Crippen LogP contribution in [0, 0.1) is 12.8 Å². The van der Waals surface area contributed by atoms with Gasteiger partial charge in [0.05, 0.1) is 16.6 Å². The van der Waals surface area contributed by atoms with Gasteiger partial charge in [0.25, 0.3) is 5.91 Å². The molecule has 0 aliphatic rings. The average Bonchev–Trinajstić information content (AvgIpc) is 3.18. The number of hydrogen-bond acceptors (Lipinski definition) is 4. The number of carbonyl (C=O) groups excluding carboxylic acids is 1. The highest BCUT2D eigenvalue weighted by Gasteiger charge is 2.20. The molecule has 3 heterocycles. The van der Waals surface area contributed by atoms with Gasteiger partial charge in [0.15, 0.2) is 0 Å². The molecule has 4 nitrogen and oxygen atoms in total. The molecule has 6 heteroatoms. The van der Waals surface area contributed by atoms with E-state index in [2.05, 4.69) is 35.7 Å². The largest absolute Gasteiger partial charge is 0.344 e. The van der Waals surface area contributed by atoms with Gasteiger partial charge in [0.1, 0.15) is 4.83 Å². The maximum absolute atomic E-state index is 12.7. The van der Waals surface area contributed by atoms with E-state index >= 15 is 0 Å². The van der Waals surface area contributed by atoms with Gasteiger partial charge in [-0.2, -0.15) is 5.10 Å². The Morgan fingerprint density at radius 1 is 1.43 bits per heavy atom. The normalized spacial score (nSPS) is 12.9. The van der Waals surface area contributed by atoms with Gasteiger partial charge in [-0.1, -0.05) is 19.9 Å². The first-order valence-electron chi connectivity index (χ1n) is 7.73. The maximum Gasteiger partial charge on any atom is 0.261 e. The molecule has 0 saturated heterocycles. The number of amides is 1. The lowest BCUT2D eigenvalue weighted by atomic mass is 10.0. The highest BCUT2D eigenvalue weighted by atomic mass is 32.1. The van der Waals surface area contributed by atoms with Gasteiger partial charge in [-0.15, -0.1) is 22.7 Å². The molecule has 1 atom stereocenters. The summed E-state index contributed by atoms with van der Waals surface area (Å²) in [6.45, 7) is 6.34. The lowest BCUT2D eigenvalue weighted by Crippen LogP contribution is -2.28.